The van der Waals surface area contributed by atoms with Crippen LogP contribution in [0, 0.1) is 0 Å². The molecule has 0 saturated heterocycles. The van der Waals surface area contributed by atoms with E-state index in [4.69, 9.17) is 11.6 Å². The van der Waals surface area contributed by atoms with Crippen LogP contribution in [0.25, 0.3) is 22.6 Å². The number of rotatable bonds is 2. The Morgan fingerprint density at radius 2 is 1.95 bits per heavy atom. The van der Waals surface area contributed by atoms with E-state index in [0.29, 0.717) is 29.1 Å². The Hall–Kier alpha value is -2.22. The average Bonchev–Trinajstić information content (AvgIpc) is 2.86. The van der Waals surface area contributed by atoms with E-state index < -0.39 is 11.9 Å². The number of imidazole rings is 1. The topological polar surface area (TPSA) is 56.5 Å². The first kappa shape index (κ1) is 14.7. The molecule has 114 valence electrons. The number of nitrogens with zero attached hydrogens (tertiary/aromatic N) is 5. The third-order valence-electron chi connectivity index (χ3n) is 3.12. The normalized spacial score (nSPS) is 12.0. The Morgan fingerprint density at radius 1 is 1.18 bits per heavy atom. The summed E-state index contributed by atoms with van der Waals surface area (Å²) in [5, 5.41) is 0.193. The Bertz CT molecular complexity index is 826. The summed E-state index contributed by atoms with van der Waals surface area (Å²) in [7, 11) is 0. The maximum Gasteiger partial charge on any atom is 0.433 e. The second kappa shape index (κ2) is 5.20. The standard InChI is InChI=1S/C13H9ClF3N5/c1-2-22-11(21-9-10(14)19-6-20-12(9)22)7-3-4-8(18-5-7)13(15,16)17/h3-6H,2H2,1H3. The maximum absolute atomic E-state index is 12.6. The fourth-order valence-corrected chi connectivity index (χ4v) is 2.29. The van der Waals surface area contributed by atoms with Gasteiger partial charge in [0.2, 0.25) is 0 Å². The van der Waals surface area contributed by atoms with Gasteiger partial charge in [-0.05, 0) is 19.1 Å². The summed E-state index contributed by atoms with van der Waals surface area (Å²) in [6.07, 6.45) is -2.02. The molecule has 3 rings (SSSR count). The van der Waals surface area contributed by atoms with Gasteiger partial charge < -0.3 is 4.57 Å². The zero-order chi connectivity index (χ0) is 15.9. The Kier molecular flexibility index (Phi) is 3.48. The van der Waals surface area contributed by atoms with Crippen LogP contribution in [-0.2, 0) is 12.7 Å². The van der Waals surface area contributed by atoms with Gasteiger partial charge in [0.1, 0.15) is 23.4 Å². The Morgan fingerprint density at radius 3 is 2.55 bits per heavy atom. The van der Waals surface area contributed by atoms with Crippen molar-refractivity contribution in [3.05, 3.63) is 35.5 Å². The zero-order valence-electron chi connectivity index (χ0n) is 11.3. The first-order valence-corrected chi connectivity index (χ1v) is 6.70. The lowest BCUT2D eigenvalue weighted by Crippen LogP contribution is -2.07. The van der Waals surface area contributed by atoms with Gasteiger partial charge in [-0.15, -0.1) is 0 Å². The van der Waals surface area contributed by atoms with Crippen LogP contribution in [0.5, 0.6) is 0 Å². The molecule has 0 N–H and O–H groups in total. The summed E-state index contributed by atoms with van der Waals surface area (Å²) in [4.78, 5) is 15.7. The van der Waals surface area contributed by atoms with E-state index in [2.05, 4.69) is 19.9 Å². The van der Waals surface area contributed by atoms with Crippen LogP contribution in [-0.4, -0.2) is 24.5 Å². The molecular formula is C13H9ClF3N5. The van der Waals surface area contributed by atoms with Crippen molar-refractivity contribution < 1.29 is 13.2 Å². The van der Waals surface area contributed by atoms with Gasteiger partial charge in [-0.3, -0.25) is 4.98 Å². The second-order valence-corrected chi connectivity index (χ2v) is 4.80. The van der Waals surface area contributed by atoms with Crippen LogP contribution < -0.4 is 0 Å². The van der Waals surface area contributed by atoms with Crippen molar-refractivity contribution in [2.24, 2.45) is 0 Å². The van der Waals surface area contributed by atoms with Gasteiger partial charge in [0, 0.05) is 18.3 Å². The van der Waals surface area contributed by atoms with E-state index in [0.717, 1.165) is 12.3 Å². The molecule has 3 aromatic heterocycles. The van der Waals surface area contributed by atoms with Crippen LogP contribution in [0.2, 0.25) is 5.15 Å². The first-order valence-electron chi connectivity index (χ1n) is 6.32. The molecule has 3 aromatic rings. The summed E-state index contributed by atoms with van der Waals surface area (Å²) in [6.45, 7) is 2.40. The number of hydrogen-bond donors (Lipinski definition) is 0. The Balaban J connectivity index is 2.16. The highest BCUT2D eigenvalue weighted by atomic mass is 35.5. The van der Waals surface area contributed by atoms with E-state index in [1.54, 1.807) is 4.57 Å². The zero-order valence-corrected chi connectivity index (χ0v) is 12.0. The minimum absolute atomic E-state index is 0.193. The molecule has 3 heterocycles. The molecule has 0 bridgehead atoms. The summed E-state index contributed by atoms with van der Waals surface area (Å²) >= 11 is 5.98. The highest BCUT2D eigenvalue weighted by Gasteiger charge is 2.32. The predicted octanol–water partition coefficient (Wildman–Crippen LogP) is 3.58. The monoisotopic (exact) mass is 327 g/mol. The second-order valence-electron chi connectivity index (χ2n) is 4.45. The number of halogens is 4. The predicted molar refractivity (Wildman–Crippen MR) is 74.2 cm³/mol. The van der Waals surface area contributed by atoms with Crippen LogP contribution in [0.15, 0.2) is 24.7 Å². The number of aromatic nitrogens is 5. The molecule has 0 unspecified atom stereocenters. The van der Waals surface area contributed by atoms with E-state index in [1.807, 2.05) is 6.92 Å². The Labute approximate surface area is 127 Å². The fourth-order valence-electron chi connectivity index (χ4n) is 2.12. The highest BCUT2D eigenvalue weighted by Crippen LogP contribution is 2.30. The molecule has 0 amide bonds. The van der Waals surface area contributed by atoms with Crippen molar-refractivity contribution in [2.75, 3.05) is 0 Å². The number of alkyl halides is 3. The molecule has 0 aliphatic rings. The smallest absolute Gasteiger partial charge is 0.309 e. The molecule has 9 heteroatoms. The quantitative estimate of drug-likeness (QED) is 0.675. The third kappa shape index (κ3) is 2.39. The van der Waals surface area contributed by atoms with Gasteiger partial charge in [0.05, 0.1) is 0 Å². The van der Waals surface area contributed by atoms with Crippen molar-refractivity contribution in [3.63, 3.8) is 0 Å². The van der Waals surface area contributed by atoms with E-state index in [1.165, 1.54) is 12.4 Å². The lowest BCUT2D eigenvalue weighted by molar-refractivity contribution is -0.141. The fraction of sp³-hybridized carbons (Fsp3) is 0.231. The molecule has 0 aromatic carbocycles. The van der Waals surface area contributed by atoms with Gasteiger partial charge >= 0.3 is 6.18 Å². The number of fused-ring (bicyclic) bond motifs is 1. The van der Waals surface area contributed by atoms with Crippen molar-refractivity contribution in [1.82, 2.24) is 24.5 Å². The molecule has 0 atom stereocenters. The maximum atomic E-state index is 12.6. The molecule has 0 aliphatic heterocycles. The third-order valence-corrected chi connectivity index (χ3v) is 3.39. The van der Waals surface area contributed by atoms with Crippen LogP contribution >= 0.6 is 11.6 Å². The van der Waals surface area contributed by atoms with Crippen molar-refractivity contribution in [3.8, 4) is 11.4 Å². The van der Waals surface area contributed by atoms with Crippen molar-refractivity contribution >= 4 is 22.8 Å². The van der Waals surface area contributed by atoms with Gasteiger partial charge in [-0.2, -0.15) is 13.2 Å². The van der Waals surface area contributed by atoms with E-state index >= 15 is 0 Å². The molecule has 22 heavy (non-hydrogen) atoms. The molecule has 0 aliphatic carbocycles. The SMILES string of the molecule is CCn1c(-c2ccc(C(F)(F)F)nc2)nc2c(Cl)ncnc21. The van der Waals surface area contributed by atoms with Gasteiger partial charge in [0.25, 0.3) is 0 Å². The summed E-state index contributed by atoms with van der Waals surface area (Å²) in [5.41, 5.74) is 0.426. The largest absolute Gasteiger partial charge is 0.433 e. The molecule has 0 saturated carbocycles. The van der Waals surface area contributed by atoms with Gasteiger partial charge in [-0.25, -0.2) is 15.0 Å². The minimum atomic E-state index is -4.47. The summed E-state index contributed by atoms with van der Waals surface area (Å²) in [5.74, 6) is 0.445. The van der Waals surface area contributed by atoms with Crippen LogP contribution in [0.4, 0.5) is 13.2 Å². The highest BCUT2D eigenvalue weighted by molar-refractivity contribution is 6.33. The van der Waals surface area contributed by atoms with Gasteiger partial charge in [0.15, 0.2) is 10.8 Å². The lowest BCUT2D eigenvalue weighted by Gasteiger charge is -2.07. The van der Waals surface area contributed by atoms with Crippen molar-refractivity contribution in [2.45, 2.75) is 19.6 Å². The van der Waals surface area contributed by atoms with E-state index in [-0.39, 0.29) is 5.15 Å². The average molecular weight is 328 g/mol. The lowest BCUT2D eigenvalue weighted by atomic mass is 10.2. The number of pyridine rings is 1. The molecule has 5 nitrogen and oxygen atoms in total. The summed E-state index contributed by atoms with van der Waals surface area (Å²) < 4.78 is 39.4. The first-order chi connectivity index (χ1) is 10.4. The summed E-state index contributed by atoms with van der Waals surface area (Å²) in [6, 6.07) is 2.24. The molecule has 0 fully saturated rings. The molecular weight excluding hydrogens is 319 g/mol. The molecule has 0 spiro atoms. The van der Waals surface area contributed by atoms with Gasteiger partial charge in [-0.1, -0.05) is 11.6 Å². The number of aryl methyl sites for hydroxylation is 1. The van der Waals surface area contributed by atoms with Crippen molar-refractivity contribution in [1.29, 1.82) is 0 Å². The van der Waals surface area contributed by atoms with Crippen LogP contribution in [0.3, 0.4) is 0 Å². The number of hydrogen-bond acceptors (Lipinski definition) is 4. The van der Waals surface area contributed by atoms with Crippen LogP contribution in [0.1, 0.15) is 12.6 Å². The van der Waals surface area contributed by atoms with E-state index in [9.17, 15) is 13.2 Å². The minimum Gasteiger partial charge on any atom is -0.309 e. The molecule has 0 radical (unpaired) electrons.